The van der Waals surface area contributed by atoms with Crippen LogP contribution in [-0.2, 0) is 6.42 Å². The van der Waals surface area contributed by atoms with Crippen molar-refractivity contribution in [1.29, 1.82) is 0 Å². The Morgan fingerprint density at radius 3 is 3.23 bits per heavy atom. The minimum absolute atomic E-state index is 0.596. The van der Waals surface area contributed by atoms with Crippen molar-refractivity contribution in [1.82, 2.24) is 10.3 Å². The van der Waals surface area contributed by atoms with Crippen LogP contribution in [0.2, 0.25) is 0 Å². The lowest BCUT2D eigenvalue weighted by Gasteiger charge is -2.22. The highest BCUT2D eigenvalue weighted by atomic mass is 14.9. The molecule has 1 aromatic rings. The molecule has 2 heteroatoms. The van der Waals surface area contributed by atoms with E-state index in [0.717, 1.165) is 6.54 Å². The van der Waals surface area contributed by atoms with Gasteiger partial charge >= 0.3 is 0 Å². The largest absolute Gasteiger partial charge is 0.362 e. The van der Waals surface area contributed by atoms with E-state index in [-0.39, 0.29) is 0 Å². The standard InChI is InChI=1S/C11H18N2/c1-3-12-10-5-4-6-11-9(10)7-8(2)13-11/h7,10,12-13H,3-6H2,1-2H3. The topological polar surface area (TPSA) is 27.8 Å². The third-order valence-electron chi connectivity index (χ3n) is 2.81. The van der Waals surface area contributed by atoms with Crippen LogP contribution in [0.15, 0.2) is 6.07 Å². The molecule has 2 rings (SSSR count). The molecule has 72 valence electrons. The van der Waals surface area contributed by atoms with Crippen LogP contribution < -0.4 is 5.32 Å². The Labute approximate surface area is 79.7 Å². The van der Waals surface area contributed by atoms with Gasteiger partial charge in [-0.1, -0.05) is 6.92 Å². The summed E-state index contributed by atoms with van der Waals surface area (Å²) in [7, 11) is 0. The SMILES string of the molecule is CCNC1CCCc2[nH]c(C)cc21. The molecule has 0 saturated heterocycles. The highest BCUT2D eigenvalue weighted by molar-refractivity contribution is 5.30. The fourth-order valence-corrected chi connectivity index (χ4v) is 2.28. The molecule has 2 nitrogen and oxygen atoms in total. The predicted molar refractivity (Wildman–Crippen MR) is 54.9 cm³/mol. The number of hydrogen-bond donors (Lipinski definition) is 2. The van der Waals surface area contributed by atoms with Gasteiger partial charge in [-0.15, -0.1) is 0 Å². The lowest BCUT2D eigenvalue weighted by atomic mass is 9.93. The van der Waals surface area contributed by atoms with Crippen molar-refractivity contribution >= 4 is 0 Å². The van der Waals surface area contributed by atoms with Crippen molar-refractivity contribution in [2.45, 2.75) is 39.2 Å². The summed E-state index contributed by atoms with van der Waals surface area (Å²) in [6, 6.07) is 2.89. The van der Waals surface area contributed by atoms with Crippen LogP contribution in [0.3, 0.4) is 0 Å². The lowest BCUT2D eigenvalue weighted by molar-refractivity contribution is 0.470. The molecule has 0 spiro atoms. The first-order valence-corrected chi connectivity index (χ1v) is 5.23. The van der Waals surface area contributed by atoms with Crippen molar-refractivity contribution in [2.75, 3.05) is 6.54 Å². The second-order valence-electron chi connectivity index (χ2n) is 3.89. The average molecular weight is 178 g/mol. The van der Waals surface area contributed by atoms with E-state index in [0.29, 0.717) is 6.04 Å². The van der Waals surface area contributed by atoms with E-state index in [1.165, 1.54) is 36.2 Å². The molecule has 1 aliphatic rings. The zero-order valence-electron chi connectivity index (χ0n) is 8.48. The molecular formula is C11H18N2. The minimum atomic E-state index is 0.596. The molecule has 0 saturated carbocycles. The maximum Gasteiger partial charge on any atom is 0.0338 e. The van der Waals surface area contributed by atoms with E-state index in [2.05, 4.69) is 30.2 Å². The normalized spacial score (nSPS) is 21.5. The molecule has 0 fully saturated rings. The molecule has 0 aromatic carbocycles. The predicted octanol–water partition coefficient (Wildman–Crippen LogP) is 2.31. The van der Waals surface area contributed by atoms with Crippen molar-refractivity contribution in [3.8, 4) is 0 Å². The first-order chi connectivity index (χ1) is 6.31. The highest BCUT2D eigenvalue weighted by Crippen LogP contribution is 2.29. The molecular weight excluding hydrogens is 160 g/mol. The number of nitrogens with one attached hydrogen (secondary N) is 2. The van der Waals surface area contributed by atoms with Crippen LogP contribution in [0.25, 0.3) is 0 Å². The first-order valence-electron chi connectivity index (χ1n) is 5.23. The number of aryl methyl sites for hydroxylation is 2. The Bertz CT molecular complexity index is 288. The fraction of sp³-hybridized carbons (Fsp3) is 0.636. The number of aromatic nitrogens is 1. The maximum atomic E-state index is 3.53. The Balaban J connectivity index is 2.25. The first kappa shape index (κ1) is 8.82. The second-order valence-corrected chi connectivity index (χ2v) is 3.89. The van der Waals surface area contributed by atoms with E-state index in [1.807, 2.05) is 0 Å². The van der Waals surface area contributed by atoms with E-state index in [9.17, 15) is 0 Å². The molecule has 0 radical (unpaired) electrons. The van der Waals surface area contributed by atoms with Gasteiger partial charge in [0.05, 0.1) is 0 Å². The van der Waals surface area contributed by atoms with Gasteiger partial charge in [-0.3, -0.25) is 0 Å². The Morgan fingerprint density at radius 2 is 2.46 bits per heavy atom. The second kappa shape index (κ2) is 3.54. The van der Waals surface area contributed by atoms with Crippen molar-refractivity contribution in [3.63, 3.8) is 0 Å². The summed E-state index contributed by atoms with van der Waals surface area (Å²) in [6.07, 6.45) is 3.83. The third-order valence-corrected chi connectivity index (χ3v) is 2.81. The van der Waals surface area contributed by atoms with Gasteiger partial charge in [-0.25, -0.2) is 0 Å². The van der Waals surface area contributed by atoms with Crippen molar-refractivity contribution in [3.05, 3.63) is 23.0 Å². The van der Waals surface area contributed by atoms with Crippen LogP contribution in [0.4, 0.5) is 0 Å². The number of H-pyrrole nitrogens is 1. The summed E-state index contributed by atoms with van der Waals surface area (Å²) >= 11 is 0. The lowest BCUT2D eigenvalue weighted by Crippen LogP contribution is -2.24. The fourth-order valence-electron chi connectivity index (χ4n) is 2.28. The van der Waals surface area contributed by atoms with E-state index in [4.69, 9.17) is 0 Å². The van der Waals surface area contributed by atoms with Gasteiger partial charge < -0.3 is 10.3 Å². The number of aromatic amines is 1. The average Bonchev–Trinajstić information content (AvgIpc) is 2.47. The zero-order valence-corrected chi connectivity index (χ0v) is 8.48. The monoisotopic (exact) mass is 178 g/mol. The van der Waals surface area contributed by atoms with Gasteiger partial charge in [0.25, 0.3) is 0 Å². The van der Waals surface area contributed by atoms with Gasteiger partial charge in [0.2, 0.25) is 0 Å². The van der Waals surface area contributed by atoms with E-state index >= 15 is 0 Å². The Hall–Kier alpha value is -0.760. The summed E-state index contributed by atoms with van der Waals surface area (Å²) in [5.74, 6) is 0. The quantitative estimate of drug-likeness (QED) is 0.714. The van der Waals surface area contributed by atoms with Gasteiger partial charge in [-0.2, -0.15) is 0 Å². The molecule has 1 heterocycles. The van der Waals surface area contributed by atoms with Crippen LogP contribution in [0.5, 0.6) is 0 Å². The van der Waals surface area contributed by atoms with Crippen LogP contribution >= 0.6 is 0 Å². The summed E-state index contributed by atoms with van der Waals surface area (Å²) in [5.41, 5.74) is 4.26. The van der Waals surface area contributed by atoms with Crippen LogP contribution in [0.1, 0.15) is 42.8 Å². The van der Waals surface area contributed by atoms with Gasteiger partial charge in [0.1, 0.15) is 0 Å². The molecule has 1 aliphatic carbocycles. The summed E-state index contributed by atoms with van der Waals surface area (Å²) in [6.45, 7) is 5.38. The number of rotatable bonds is 2. The smallest absolute Gasteiger partial charge is 0.0338 e. The van der Waals surface area contributed by atoms with Crippen molar-refractivity contribution < 1.29 is 0 Å². The Morgan fingerprint density at radius 1 is 1.62 bits per heavy atom. The molecule has 1 aromatic heterocycles. The molecule has 13 heavy (non-hydrogen) atoms. The third kappa shape index (κ3) is 1.63. The highest BCUT2D eigenvalue weighted by Gasteiger charge is 2.20. The number of fused-ring (bicyclic) bond motifs is 1. The summed E-state index contributed by atoms with van der Waals surface area (Å²) in [5, 5.41) is 3.53. The number of hydrogen-bond acceptors (Lipinski definition) is 1. The van der Waals surface area contributed by atoms with Gasteiger partial charge in [0.15, 0.2) is 0 Å². The Kier molecular flexibility index (Phi) is 2.40. The molecule has 2 N–H and O–H groups in total. The summed E-state index contributed by atoms with van der Waals surface area (Å²) < 4.78 is 0. The van der Waals surface area contributed by atoms with Crippen molar-refractivity contribution in [2.24, 2.45) is 0 Å². The minimum Gasteiger partial charge on any atom is -0.362 e. The van der Waals surface area contributed by atoms with E-state index in [1.54, 1.807) is 0 Å². The van der Waals surface area contributed by atoms with Gasteiger partial charge in [0, 0.05) is 17.4 Å². The van der Waals surface area contributed by atoms with Crippen LogP contribution in [-0.4, -0.2) is 11.5 Å². The molecule has 1 atom stereocenters. The molecule has 0 amide bonds. The zero-order chi connectivity index (χ0) is 9.26. The molecule has 1 unspecified atom stereocenters. The maximum absolute atomic E-state index is 3.53. The van der Waals surface area contributed by atoms with Gasteiger partial charge in [-0.05, 0) is 44.4 Å². The summed E-state index contributed by atoms with van der Waals surface area (Å²) in [4.78, 5) is 3.44. The van der Waals surface area contributed by atoms with Crippen LogP contribution in [0, 0.1) is 6.92 Å². The molecule has 0 bridgehead atoms. The van der Waals surface area contributed by atoms with E-state index < -0.39 is 0 Å². The molecule has 0 aliphatic heterocycles.